The van der Waals surface area contributed by atoms with Crippen molar-refractivity contribution in [2.24, 2.45) is 0 Å². The van der Waals surface area contributed by atoms with Crippen LogP contribution in [0.5, 0.6) is 6.01 Å². The van der Waals surface area contributed by atoms with E-state index in [0.717, 1.165) is 12.8 Å². The van der Waals surface area contributed by atoms with Gasteiger partial charge in [-0.3, -0.25) is 15.4 Å². The van der Waals surface area contributed by atoms with E-state index in [0.29, 0.717) is 46.5 Å². The largest absolute Gasteiger partial charge is 0.467 e. The van der Waals surface area contributed by atoms with Crippen LogP contribution >= 0.6 is 11.6 Å². The van der Waals surface area contributed by atoms with E-state index in [9.17, 15) is 10.1 Å². The van der Waals surface area contributed by atoms with Crippen LogP contribution in [0.15, 0.2) is 37.2 Å². The van der Waals surface area contributed by atoms with Crippen LogP contribution < -0.4 is 15.4 Å². The van der Waals surface area contributed by atoms with Crippen molar-refractivity contribution in [1.29, 1.82) is 5.26 Å². The standard InChI is InChI=1S/C24H22ClN11O3/c1-38-23-30-8-14(9-31-23)18-11-28-19(12-27-18)34-24(37)39-16-4-2-15(3-5-16)33-22-29-7-13(6-26)20(35-22)21-17(25)10-32-36-21/h7-12,15-16H,2-5H2,1H3,(H,32,36)(H,28,34,37)(H,29,33,35)/t15-,16-. The van der Waals surface area contributed by atoms with E-state index in [2.05, 4.69) is 56.8 Å². The summed E-state index contributed by atoms with van der Waals surface area (Å²) < 4.78 is 10.5. The Labute approximate surface area is 227 Å². The fourth-order valence-electron chi connectivity index (χ4n) is 4.04. The van der Waals surface area contributed by atoms with Crippen molar-refractivity contribution in [3.05, 3.63) is 47.8 Å². The number of nitrogens with one attached hydrogen (secondary N) is 3. The number of nitrogens with zero attached hydrogens (tertiary/aromatic N) is 8. The summed E-state index contributed by atoms with van der Waals surface area (Å²) in [5, 5.41) is 22.4. The van der Waals surface area contributed by atoms with Gasteiger partial charge in [0.05, 0.1) is 42.0 Å². The Morgan fingerprint density at radius 1 is 1.05 bits per heavy atom. The molecule has 5 rings (SSSR count). The third-order valence-electron chi connectivity index (χ3n) is 6.00. The van der Waals surface area contributed by atoms with Gasteiger partial charge in [-0.05, 0) is 25.7 Å². The second kappa shape index (κ2) is 11.7. The number of anilines is 2. The Balaban J connectivity index is 1.11. The highest BCUT2D eigenvalue weighted by molar-refractivity contribution is 6.32. The van der Waals surface area contributed by atoms with Gasteiger partial charge in [-0.25, -0.2) is 29.7 Å². The summed E-state index contributed by atoms with van der Waals surface area (Å²) in [7, 11) is 1.49. The van der Waals surface area contributed by atoms with Crippen LogP contribution in [0, 0.1) is 11.3 Å². The van der Waals surface area contributed by atoms with E-state index >= 15 is 0 Å². The molecule has 0 unspecified atom stereocenters. The molecule has 0 atom stereocenters. The van der Waals surface area contributed by atoms with Crippen LogP contribution in [-0.4, -0.2) is 65.5 Å². The lowest BCUT2D eigenvalue weighted by atomic mass is 9.93. The van der Waals surface area contributed by atoms with Crippen molar-refractivity contribution in [2.75, 3.05) is 17.7 Å². The van der Waals surface area contributed by atoms with E-state index in [1.807, 2.05) is 0 Å². The molecule has 0 aromatic carbocycles. The van der Waals surface area contributed by atoms with Gasteiger partial charge in [0.1, 0.15) is 23.6 Å². The molecule has 4 heterocycles. The molecule has 1 aliphatic rings. The van der Waals surface area contributed by atoms with Gasteiger partial charge < -0.3 is 14.8 Å². The molecular formula is C24H22ClN11O3. The lowest BCUT2D eigenvalue weighted by Gasteiger charge is -2.28. The minimum absolute atomic E-state index is 0.0729. The van der Waals surface area contributed by atoms with Gasteiger partial charge >= 0.3 is 12.1 Å². The highest BCUT2D eigenvalue weighted by Crippen LogP contribution is 2.28. The summed E-state index contributed by atoms with van der Waals surface area (Å²) in [4.78, 5) is 37.7. The number of H-pyrrole nitrogens is 1. The molecule has 39 heavy (non-hydrogen) atoms. The van der Waals surface area contributed by atoms with Crippen LogP contribution in [0.3, 0.4) is 0 Å². The van der Waals surface area contributed by atoms with Crippen LogP contribution in [-0.2, 0) is 4.74 Å². The number of carbonyl (C=O) groups is 1. The zero-order valence-corrected chi connectivity index (χ0v) is 21.4. The molecule has 4 aromatic rings. The second-order valence-electron chi connectivity index (χ2n) is 8.54. The van der Waals surface area contributed by atoms with Gasteiger partial charge in [0.2, 0.25) is 5.95 Å². The first-order valence-corrected chi connectivity index (χ1v) is 12.3. The number of hydrogen-bond donors (Lipinski definition) is 3. The third kappa shape index (κ3) is 6.16. The number of aromatic amines is 1. The maximum absolute atomic E-state index is 12.4. The number of ether oxygens (including phenoxy) is 2. The number of amides is 1. The number of methoxy groups -OCH3 is 1. The van der Waals surface area contributed by atoms with E-state index < -0.39 is 6.09 Å². The third-order valence-corrected chi connectivity index (χ3v) is 6.29. The van der Waals surface area contributed by atoms with Crippen molar-refractivity contribution in [3.63, 3.8) is 0 Å². The van der Waals surface area contributed by atoms with Gasteiger partial charge in [-0.2, -0.15) is 10.4 Å². The molecule has 0 aliphatic heterocycles. The lowest BCUT2D eigenvalue weighted by Crippen LogP contribution is -2.32. The molecule has 1 amide bonds. The summed E-state index contributed by atoms with van der Waals surface area (Å²) in [6.45, 7) is 0. The van der Waals surface area contributed by atoms with Gasteiger partial charge in [-0.1, -0.05) is 11.6 Å². The number of hydrogen-bond acceptors (Lipinski definition) is 12. The van der Waals surface area contributed by atoms with Gasteiger partial charge in [-0.15, -0.1) is 0 Å². The highest BCUT2D eigenvalue weighted by Gasteiger charge is 2.25. The molecule has 0 radical (unpaired) electrons. The second-order valence-corrected chi connectivity index (χ2v) is 8.95. The molecule has 0 spiro atoms. The van der Waals surface area contributed by atoms with Gasteiger partial charge in [0, 0.05) is 30.2 Å². The molecule has 14 nitrogen and oxygen atoms in total. The van der Waals surface area contributed by atoms with Gasteiger partial charge in [0.15, 0.2) is 5.82 Å². The highest BCUT2D eigenvalue weighted by atomic mass is 35.5. The number of aromatic nitrogens is 8. The van der Waals surface area contributed by atoms with Crippen LogP contribution in [0.25, 0.3) is 22.6 Å². The Kier molecular flexibility index (Phi) is 7.69. The van der Waals surface area contributed by atoms with E-state index in [-0.39, 0.29) is 29.5 Å². The zero-order valence-electron chi connectivity index (χ0n) is 20.6. The minimum Gasteiger partial charge on any atom is -0.467 e. The average Bonchev–Trinajstić information content (AvgIpc) is 3.40. The topological polar surface area (TPSA) is 189 Å². The fraction of sp³-hybridized carbons (Fsp3) is 0.292. The predicted octanol–water partition coefficient (Wildman–Crippen LogP) is 3.62. The Morgan fingerprint density at radius 3 is 2.49 bits per heavy atom. The quantitative estimate of drug-likeness (QED) is 0.305. The molecule has 4 aromatic heterocycles. The van der Waals surface area contributed by atoms with Crippen LogP contribution in [0.1, 0.15) is 31.2 Å². The maximum Gasteiger partial charge on any atom is 0.413 e. The molecule has 0 bridgehead atoms. The number of halogens is 1. The van der Waals surface area contributed by atoms with Crippen molar-refractivity contribution in [2.45, 2.75) is 37.8 Å². The summed E-state index contributed by atoms with van der Waals surface area (Å²) in [6, 6.07) is 2.39. The first-order valence-electron chi connectivity index (χ1n) is 11.9. The fourth-order valence-corrected chi connectivity index (χ4v) is 4.22. The van der Waals surface area contributed by atoms with E-state index in [1.165, 1.54) is 31.9 Å². The summed E-state index contributed by atoms with van der Waals surface area (Å²) in [6.07, 6.45) is 11.0. The Hall–Kier alpha value is -4.90. The van der Waals surface area contributed by atoms with Crippen molar-refractivity contribution in [3.8, 4) is 34.7 Å². The molecule has 1 fully saturated rings. The zero-order chi connectivity index (χ0) is 27.2. The molecule has 1 aliphatic carbocycles. The molecule has 198 valence electrons. The molecule has 0 saturated heterocycles. The Morgan fingerprint density at radius 2 is 1.85 bits per heavy atom. The monoisotopic (exact) mass is 547 g/mol. The summed E-state index contributed by atoms with van der Waals surface area (Å²) in [5.74, 6) is 0.632. The van der Waals surface area contributed by atoms with Crippen LogP contribution in [0.4, 0.5) is 16.6 Å². The minimum atomic E-state index is -0.600. The van der Waals surface area contributed by atoms with Crippen molar-refractivity contribution >= 4 is 29.5 Å². The van der Waals surface area contributed by atoms with Gasteiger partial charge in [0.25, 0.3) is 0 Å². The number of carbonyl (C=O) groups excluding carboxylic acids is 1. The van der Waals surface area contributed by atoms with E-state index in [1.54, 1.807) is 12.4 Å². The lowest BCUT2D eigenvalue weighted by molar-refractivity contribution is 0.0840. The Bertz CT molecular complexity index is 1480. The smallest absolute Gasteiger partial charge is 0.413 e. The molecule has 1 saturated carbocycles. The van der Waals surface area contributed by atoms with Crippen molar-refractivity contribution < 1.29 is 14.3 Å². The van der Waals surface area contributed by atoms with E-state index in [4.69, 9.17) is 21.1 Å². The van der Waals surface area contributed by atoms with Crippen molar-refractivity contribution in [1.82, 2.24) is 40.1 Å². The predicted molar refractivity (Wildman–Crippen MR) is 139 cm³/mol. The summed E-state index contributed by atoms with van der Waals surface area (Å²) >= 11 is 6.15. The molecule has 3 N–H and O–H groups in total. The first kappa shape index (κ1) is 25.7. The number of nitriles is 1. The SMILES string of the molecule is COc1ncc(-c2cnc(NC(=O)O[C@H]3CC[C@H](Nc4ncc(C#N)c(-c5n[nH]cc5Cl)n4)CC3)cn2)cn1. The normalized spacial score (nSPS) is 16.6. The maximum atomic E-state index is 12.4. The average molecular weight is 548 g/mol. The summed E-state index contributed by atoms with van der Waals surface area (Å²) in [5.41, 5.74) is 2.22. The molecule has 15 heteroatoms. The number of rotatable bonds is 7. The van der Waals surface area contributed by atoms with Crippen LogP contribution in [0.2, 0.25) is 5.02 Å². The first-order chi connectivity index (χ1) is 19.0. The molecular weight excluding hydrogens is 526 g/mol.